The van der Waals surface area contributed by atoms with Crippen LogP contribution < -0.4 is 4.74 Å². The summed E-state index contributed by atoms with van der Waals surface area (Å²) in [5.41, 5.74) is -1.53. The van der Waals surface area contributed by atoms with E-state index in [4.69, 9.17) is 9.84 Å². The fourth-order valence-electron chi connectivity index (χ4n) is 1.78. The summed E-state index contributed by atoms with van der Waals surface area (Å²) in [6.45, 7) is 1.26. The molecule has 1 atom stereocenters. The number of carboxylic acid groups (broad SMARTS) is 1. The minimum absolute atomic E-state index is 0.354. The molecule has 0 bridgehead atoms. The first-order valence-electron chi connectivity index (χ1n) is 5.49. The number of fused-ring (bicyclic) bond motifs is 1. The van der Waals surface area contributed by atoms with Crippen molar-refractivity contribution in [2.75, 3.05) is 7.11 Å². The average molecular weight is 246 g/mol. The van der Waals surface area contributed by atoms with Gasteiger partial charge in [-0.05, 0) is 41.5 Å². The molecule has 0 aromatic heterocycles. The van der Waals surface area contributed by atoms with Crippen molar-refractivity contribution in [2.24, 2.45) is 0 Å². The zero-order chi connectivity index (χ0) is 13.3. The maximum absolute atomic E-state index is 11.0. The highest BCUT2D eigenvalue weighted by molar-refractivity contribution is 5.87. The van der Waals surface area contributed by atoms with E-state index in [2.05, 4.69) is 0 Å². The Kier molecular flexibility index (Phi) is 2.97. The Labute approximate surface area is 104 Å². The summed E-state index contributed by atoms with van der Waals surface area (Å²) in [7, 11) is 1.59. The van der Waals surface area contributed by atoms with Crippen LogP contribution in [-0.2, 0) is 10.4 Å². The number of aliphatic carboxylic acids is 1. The van der Waals surface area contributed by atoms with Gasteiger partial charge in [-0.15, -0.1) is 0 Å². The molecule has 18 heavy (non-hydrogen) atoms. The van der Waals surface area contributed by atoms with Crippen LogP contribution in [-0.4, -0.2) is 23.3 Å². The van der Waals surface area contributed by atoms with Gasteiger partial charge < -0.3 is 14.9 Å². The van der Waals surface area contributed by atoms with Gasteiger partial charge in [0.1, 0.15) is 5.75 Å². The van der Waals surface area contributed by atoms with Crippen LogP contribution in [0.15, 0.2) is 36.4 Å². The van der Waals surface area contributed by atoms with E-state index in [1.54, 1.807) is 31.4 Å². The molecule has 2 aromatic carbocycles. The maximum atomic E-state index is 11.0. The van der Waals surface area contributed by atoms with Crippen molar-refractivity contribution in [3.8, 4) is 5.75 Å². The number of carbonyl (C=O) groups is 1. The second-order valence-corrected chi connectivity index (χ2v) is 4.31. The topological polar surface area (TPSA) is 66.8 Å². The Balaban J connectivity index is 2.55. The lowest BCUT2D eigenvalue weighted by Crippen LogP contribution is -2.31. The van der Waals surface area contributed by atoms with Crippen LogP contribution in [0.5, 0.6) is 5.75 Å². The smallest absolute Gasteiger partial charge is 0.340 e. The number of aliphatic hydroxyl groups is 1. The van der Waals surface area contributed by atoms with Gasteiger partial charge in [0, 0.05) is 0 Å². The third kappa shape index (κ3) is 2.02. The lowest BCUT2D eigenvalue weighted by atomic mass is 9.94. The molecule has 2 rings (SSSR count). The van der Waals surface area contributed by atoms with Crippen LogP contribution >= 0.6 is 0 Å². The number of ether oxygens (including phenoxy) is 1. The molecule has 94 valence electrons. The molecule has 4 nitrogen and oxygen atoms in total. The monoisotopic (exact) mass is 246 g/mol. The fourth-order valence-corrected chi connectivity index (χ4v) is 1.78. The second-order valence-electron chi connectivity index (χ2n) is 4.31. The van der Waals surface area contributed by atoms with Crippen molar-refractivity contribution in [1.29, 1.82) is 0 Å². The Hall–Kier alpha value is -2.07. The second kappa shape index (κ2) is 4.31. The van der Waals surface area contributed by atoms with Crippen molar-refractivity contribution >= 4 is 16.7 Å². The third-order valence-electron chi connectivity index (χ3n) is 3.03. The van der Waals surface area contributed by atoms with Crippen molar-refractivity contribution in [2.45, 2.75) is 12.5 Å². The molecule has 0 radical (unpaired) electrons. The van der Waals surface area contributed by atoms with Gasteiger partial charge in [-0.1, -0.05) is 18.2 Å². The normalized spacial score (nSPS) is 14.2. The highest BCUT2D eigenvalue weighted by Crippen LogP contribution is 2.27. The number of hydrogen-bond donors (Lipinski definition) is 2. The number of methoxy groups -OCH3 is 1. The van der Waals surface area contributed by atoms with Gasteiger partial charge >= 0.3 is 5.97 Å². The molecule has 0 heterocycles. The molecule has 0 fully saturated rings. The van der Waals surface area contributed by atoms with Crippen molar-refractivity contribution in [3.05, 3.63) is 42.0 Å². The summed E-state index contributed by atoms with van der Waals surface area (Å²) in [4.78, 5) is 11.0. The third-order valence-corrected chi connectivity index (χ3v) is 3.03. The minimum atomic E-state index is -1.88. The number of hydrogen-bond acceptors (Lipinski definition) is 3. The number of rotatable bonds is 3. The first-order chi connectivity index (χ1) is 8.45. The van der Waals surface area contributed by atoms with Crippen LogP contribution in [0.1, 0.15) is 12.5 Å². The lowest BCUT2D eigenvalue weighted by Gasteiger charge is -2.18. The van der Waals surface area contributed by atoms with Gasteiger partial charge in [-0.25, -0.2) is 4.79 Å². The Morgan fingerprint density at radius 2 is 1.78 bits per heavy atom. The molecule has 2 aromatic rings. The van der Waals surface area contributed by atoms with E-state index in [9.17, 15) is 9.90 Å². The molecule has 2 N–H and O–H groups in total. The molecule has 0 unspecified atom stereocenters. The van der Waals surface area contributed by atoms with Gasteiger partial charge in [0.05, 0.1) is 7.11 Å². The molecule has 0 aliphatic heterocycles. The lowest BCUT2D eigenvalue weighted by molar-refractivity contribution is -0.157. The van der Waals surface area contributed by atoms with E-state index in [0.29, 0.717) is 5.56 Å². The number of benzene rings is 2. The quantitative estimate of drug-likeness (QED) is 0.870. The first kappa shape index (κ1) is 12.4. The molecule has 0 saturated carbocycles. The molecule has 0 aliphatic rings. The zero-order valence-corrected chi connectivity index (χ0v) is 10.2. The van der Waals surface area contributed by atoms with E-state index >= 15 is 0 Å². The van der Waals surface area contributed by atoms with Gasteiger partial charge in [-0.2, -0.15) is 0 Å². The minimum Gasteiger partial charge on any atom is -0.497 e. The van der Waals surface area contributed by atoms with E-state index in [1.165, 1.54) is 6.92 Å². The van der Waals surface area contributed by atoms with Gasteiger partial charge in [0.25, 0.3) is 0 Å². The zero-order valence-electron chi connectivity index (χ0n) is 10.2. The average Bonchev–Trinajstić information content (AvgIpc) is 2.37. The predicted octanol–water partition coefficient (Wildman–Crippen LogP) is 2.14. The van der Waals surface area contributed by atoms with Crippen LogP contribution in [0.25, 0.3) is 10.8 Å². The summed E-state index contributed by atoms with van der Waals surface area (Å²) >= 11 is 0. The summed E-state index contributed by atoms with van der Waals surface area (Å²) in [5.74, 6) is -0.532. The van der Waals surface area contributed by atoms with E-state index < -0.39 is 11.6 Å². The number of carboxylic acids is 1. The standard InChI is InChI=1S/C14H14O4/c1-14(17,13(15)16)11-5-3-10-8-12(18-2)6-4-9(10)7-11/h3-8,17H,1-2H3,(H,15,16)/t14-/m1/s1. The van der Waals surface area contributed by atoms with Crippen molar-refractivity contribution in [1.82, 2.24) is 0 Å². The van der Waals surface area contributed by atoms with Crippen molar-refractivity contribution in [3.63, 3.8) is 0 Å². The highest BCUT2D eigenvalue weighted by Gasteiger charge is 2.32. The summed E-state index contributed by atoms with van der Waals surface area (Å²) in [6, 6.07) is 10.5. The van der Waals surface area contributed by atoms with Crippen LogP contribution in [0.2, 0.25) is 0 Å². The van der Waals surface area contributed by atoms with Crippen LogP contribution in [0, 0.1) is 0 Å². The largest absolute Gasteiger partial charge is 0.497 e. The SMILES string of the molecule is COc1ccc2cc([C@@](C)(O)C(=O)O)ccc2c1. The predicted molar refractivity (Wildman–Crippen MR) is 67.7 cm³/mol. The maximum Gasteiger partial charge on any atom is 0.340 e. The van der Waals surface area contributed by atoms with Crippen LogP contribution in [0.4, 0.5) is 0 Å². The fraction of sp³-hybridized carbons (Fsp3) is 0.214. The molecule has 0 amide bonds. The summed E-state index contributed by atoms with van der Waals surface area (Å²) < 4.78 is 5.11. The van der Waals surface area contributed by atoms with Gasteiger partial charge in [-0.3, -0.25) is 0 Å². The van der Waals surface area contributed by atoms with Gasteiger partial charge in [0.2, 0.25) is 0 Å². The summed E-state index contributed by atoms with van der Waals surface area (Å²) in [6.07, 6.45) is 0. The summed E-state index contributed by atoms with van der Waals surface area (Å²) in [5, 5.41) is 20.7. The Morgan fingerprint density at radius 1 is 1.17 bits per heavy atom. The Bertz CT molecular complexity index is 602. The van der Waals surface area contributed by atoms with E-state index in [0.717, 1.165) is 16.5 Å². The Morgan fingerprint density at radius 3 is 2.39 bits per heavy atom. The van der Waals surface area contributed by atoms with Gasteiger partial charge in [0.15, 0.2) is 5.60 Å². The molecule has 0 saturated heterocycles. The van der Waals surface area contributed by atoms with Crippen LogP contribution in [0.3, 0.4) is 0 Å². The molecular formula is C14H14O4. The van der Waals surface area contributed by atoms with Crippen molar-refractivity contribution < 1.29 is 19.7 Å². The van der Waals surface area contributed by atoms with E-state index in [1.807, 2.05) is 12.1 Å². The molecule has 0 aliphatic carbocycles. The van der Waals surface area contributed by atoms with E-state index in [-0.39, 0.29) is 0 Å². The molecular weight excluding hydrogens is 232 g/mol. The molecule has 4 heteroatoms. The molecule has 0 spiro atoms. The highest BCUT2D eigenvalue weighted by atomic mass is 16.5. The first-order valence-corrected chi connectivity index (χ1v) is 5.49.